The summed E-state index contributed by atoms with van der Waals surface area (Å²) in [6.07, 6.45) is 6.80. The summed E-state index contributed by atoms with van der Waals surface area (Å²) in [6.45, 7) is 6.45. The number of amides is 2. The van der Waals surface area contributed by atoms with Gasteiger partial charge in [0, 0.05) is 32.0 Å². The first-order chi connectivity index (χ1) is 10.6. The Labute approximate surface area is 135 Å². The largest absolute Gasteiger partial charge is 0.353 e. The van der Waals surface area contributed by atoms with Gasteiger partial charge in [-0.1, -0.05) is 20.3 Å². The Hall–Kier alpha value is -1.10. The van der Waals surface area contributed by atoms with E-state index in [0.717, 1.165) is 45.2 Å². The molecule has 0 spiro atoms. The molecule has 0 aliphatic heterocycles. The van der Waals surface area contributed by atoms with Gasteiger partial charge in [-0.3, -0.25) is 9.59 Å². The van der Waals surface area contributed by atoms with E-state index >= 15 is 0 Å². The molecular formula is C17H33N3O2. The lowest BCUT2D eigenvalue weighted by Gasteiger charge is -2.22. The van der Waals surface area contributed by atoms with Crippen molar-refractivity contribution in [3.05, 3.63) is 0 Å². The molecule has 0 saturated heterocycles. The third-order valence-corrected chi connectivity index (χ3v) is 4.44. The summed E-state index contributed by atoms with van der Waals surface area (Å²) in [5.41, 5.74) is 5.73. The zero-order valence-electron chi connectivity index (χ0n) is 14.3. The summed E-state index contributed by atoms with van der Waals surface area (Å²) < 4.78 is 0. The summed E-state index contributed by atoms with van der Waals surface area (Å²) in [5.74, 6) is 0.670. The third-order valence-electron chi connectivity index (χ3n) is 4.44. The molecule has 2 unspecified atom stereocenters. The highest BCUT2D eigenvalue weighted by Gasteiger charge is 2.27. The second kappa shape index (κ2) is 10.6. The van der Waals surface area contributed by atoms with E-state index in [0.29, 0.717) is 31.7 Å². The second-order valence-corrected chi connectivity index (χ2v) is 6.34. The first-order valence-electron chi connectivity index (χ1n) is 8.89. The molecular weight excluding hydrogens is 278 g/mol. The molecule has 0 bridgehead atoms. The lowest BCUT2D eigenvalue weighted by Crippen LogP contribution is -2.39. The van der Waals surface area contributed by atoms with Crippen LogP contribution >= 0.6 is 0 Å². The second-order valence-electron chi connectivity index (χ2n) is 6.34. The van der Waals surface area contributed by atoms with Gasteiger partial charge in [-0.15, -0.1) is 0 Å². The van der Waals surface area contributed by atoms with E-state index < -0.39 is 0 Å². The smallest absolute Gasteiger partial charge is 0.222 e. The Morgan fingerprint density at radius 1 is 1.14 bits per heavy atom. The Morgan fingerprint density at radius 3 is 2.41 bits per heavy atom. The minimum Gasteiger partial charge on any atom is -0.353 e. The van der Waals surface area contributed by atoms with Crippen LogP contribution < -0.4 is 11.1 Å². The molecule has 5 heteroatoms. The molecule has 3 N–H and O–H groups in total. The lowest BCUT2D eigenvalue weighted by atomic mass is 10.0. The molecule has 1 aliphatic rings. The molecule has 128 valence electrons. The number of rotatable bonds is 10. The quantitative estimate of drug-likeness (QED) is 0.648. The zero-order chi connectivity index (χ0) is 16.4. The van der Waals surface area contributed by atoms with Gasteiger partial charge < -0.3 is 16.0 Å². The maximum Gasteiger partial charge on any atom is 0.222 e. The molecule has 2 atom stereocenters. The van der Waals surface area contributed by atoms with Gasteiger partial charge in [-0.05, 0) is 44.6 Å². The Kier molecular flexibility index (Phi) is 9.13. The van der Waals surface area contributed by atoms with Crippen LogP contribution in [-0.4, -0.2) is 42.4 Å². The van der Waals surface area contributed by atoms with Crippen LogP contribution in [0.25, 0.3) is 0 Å². The average molecular weight is 311 g/mol. The molecule has 1 fully saturated rings. The van der Waals surface area contributed by atoms with Crippen LogP contribution in [0.4, 0.5) is 0 Å². The van der Waals surface area contributed by atoms with E-state index in [2.05, 4.69) is 19.2 Å². The van der Waals surface area contributed by atoms with E-state index in [4.69, 9.17) is 5.73 Å². The van der Waals surface area contributed by atoms with Crippen LogP contribution in [0, 0.1) is 5.92 Å². The predicted octanol–water partition coefficient (Wildman–Crippen LogP) is 2.05. The SMILES string of the molecule is CCCN(CCC)C(=O)CCCC(=O)NC1CCCC1CN. The number of hydrogen-bond donors (Lipinski definition) is 2. The van der Waals surface area contributed by atoms with E-state index in [1.807, 2.05) is 4.90 Å². The standard InChI is InChI=1S/C17H33N3O2/c1-3-11-20(12-4-2)17(22)10-6-9-16(21)19-15-8-5-7-14(15)13-18/h14-15H,3-13,18H2,1-2H3,(H,19,21). The van der Waals surface area contributed by atoms with Gasteiger partial charge in [-0.2, -0.15) is 0 Å². The topological polar surface area (TPSA) is 75.4 Å². The minimum absolute atomic E-state index is 0.0654. The molecule has 0 aromatic rings. The molecule has 22 heavy (non-hydrogen) atoms. The monoisotopic (exact) mass is 311 g/mol. The van der Waals surface area contributed by atoms with Crippen LogP contribution in [0.5, 0.6) is 0 Å². The molecule has 5 nitrogen and oxygen atoms in total. The van der Waals surface area contributed by atoms with Crippen molar-refractivity contribution in [2.24, 2.45) is 11.7 Å². The number of hydrogen-bond acceptors (Lipinski definition) is 3. The van der Waals surface area contributed by atoms with Crippen molar-refractivity contribution >= 4 is 11.8 Å². The van der Waals surface area contributed by atoms with Crippen molar-refractivity contribution in [1.82, 2.24) is 10.2 Å². The molecule has 0 heterocycles. The molecule has 0 radical (unpaired) electrons. The predicted molar refractivity (Wildman–Crippen MR) is 89.3 cm³/mol. The van der Waals surface area contributed by atoms with E-state index in [1.165, 1.54) is 0 Å². The van der Waals surface area contributed by atoms with Crippen molar-refractivity contribution in [1.29, 1.82) is 0 Å². The van der Waals surface area contributed by atoms with E-state index in [9.17, 15) is 9.59 Å². The summed E-state index contributed by atoms with van der Waals surface area (Å²) in [4.78, 5) is 26.0. The summed E-state index contributed by atoms with van der Waals surface area (Å²) >= 11 is 0. The molecule has 1 saturated carbocycles. The van der Waals surface area contributed by atoms with Crippen molar-refractivity contribution in [3.63, 3.8) is 0 Å². The maximum absolute atomic E-state index is 12.1. The van der Waals surface area contributed by atoms with Gasteiger partial charge in [0.2, 0.25) is 11.8 Å². The van der Waals surface area contributed by atoms with E-state index in [1.54, 1.807) is 0 Å². The van der Waals surface area contributed by atoms with Crippen molar-refractivity contribution in [3.8, 4) is 0 Å². The van der Waals surface area contributed by atoms with Crippen LogP contribution in [0.2, 0.25) is 0 Å². The van der Waals surface area contributed by atoms with Gasteiger partial charge >= 0.3 is 0 Å². The molecule has 1 rings (SSSR count). The normalized spacial score (nSPS) is 20.9. The van der Waals surface area contributed by atoms with Crippen molar-refractivity contribution < 1.29 is 9.59 Å². The molecule has 1 aliphatic carbocycles. The van der Waals surface area contributed by atoms with Gasteiger partial charge in [0.1, 0.15) is 0 Å². The van der Waals surface area contributed by atoms with Crippen LogP contribution in [0.1, 0.15) is 65.2 Å². The van der Waals surface area contributed by atoms with Gasteiger partial charge in [0.15, 0.2) is 0 Å². The highest BCUT2D eigenvalue weighted by molar-refractivity contribution is 5.79. The lowest BCUT2D eigenvalue weighted by molar-refractivity contribution is -0.131. The molecule has 2 amide bonds. The van der Waals surface area contributed by atoms with Gasteiger partial charge in [0.25, 0.3) is 0 Å². The van der Waals surface area contributed by atoms with Crippen LogP contribution in [0.3, 0.4) is 0 Å². The summed E-state index contributed by atoms with van der Waals surface area (Å²) in [7, 11) is 0. The fraction of sp³-hybridized carbons (Fsp3) is 0.882. The first kappa shape index (κ1) is 18.9. The Bertz CT molecular complexity index is 341. The van der Waals surface area contributed by atoms with Crippen LogP contribution in [-0.2, 0) is 9.59 Å². The van der Waals surface area contributed by atoms with Crippen LogP contribution in [0.15, 0.2) is 0 Å². The number of carbonyl (C=O) groups is 2. The average Bonchev–Trinajstić information content (AvgIpc) is 2.94. The van der Waals surface area contributed by atoms with E-state index in [-0.39, 0.29) is 17.9 Å². The highest BCUT2D eigenvalue weighted by Crippen LogP contribution is 2.24. The fourth-order valence-corrected chi connectivity index (χ4v) is 3.25. The first-order valence-corrected chi connectivity index (χ1v) is 8.89. The Morgan fingerprint density at radius 2 is 1.82 bits per heavy atom. The zero-order valence-corrected chi connectivity index (χ0v) is 14.3. The number of carbonyl (C=O) groups excluding carboxylic acids is 2. The summed E-state index contributed by atoms with van der Waals surface area (Å²) in [5, 5.41) is 3.09. The maximum atomic E-state index is 12.1. The summed E-state index contributed by atoms with van der Waals surface area (Å²) in [6, 6.07) is 0.241. The Balaban J connectivity index is 2.24. The van der Waals surface area contributed by atoms with Crippen molar-refractivity contribution in [2.75, 3.05) is 19.6 Å². The van der Waals surface area contributed by atoms with Crippen molar-refractivity contribution in [2.45, 2.75) is 71.3 Å². The third kappa shape index (κ3) is 6.34. The van der Waals surface area contributed by atoms with Gasteiger partial charge in [0.05, 0.1) is 0 Å². The minimum atomic E-state index is 0.0654. The highest BCUT2D eigenvalue weighted by atomic mass is 16.2. The molecule has 0 aromatic heterocycles. The van der Waals surface area contributed by atoms with Gasteiger partial charge in [-0.25, -0.2) is 0 Å². The number of nitrogens with one attached hydrogen (secondary N) is 1. The number of nitrogens with zero attached hydrogens (tertiary/aromatic N) is 1. The fourth-order valence-electron chi connectivity index (χ4n) is 3.25. The number of nitrogens with two attached hydrogens (primary N) is 1. The molecule has 0 aromatic carbocycles.